The smallest absolute Gasteiger partial charge is 0.0672 e. The maximum Gasteiger partial charge on any atom is 0.0672 e. The Balaban J connectivity index is 2.05. The minimum atomic E-state index is 0.723. The van der Waals surface area contributed by atoms with E-state index >= 15 is 0 Å². The molecule has 2 N–H and O–H groups in total. The van der Waals surface area contributed by atoms with Gasteiger partial charge in [-0.05, 0) is 12.1 Å². The molecule has 0 radical (unpaired) electrons. The molecule has 0 fully saturated rings. The standard InChI is InChI=1S/C13H16ClN3/c14-12-3-1-2-10-8-11-9-16(5-4-15)6-7-17(11)13(10)12/h1-3,8H,4-7,9,15H2. The van der Waals surface area contributed by atoms with Crippen molar-refractivity contribution in [2.45, 2.75) is 13.1 Å². The normalized spacial score (nSPS) is 16.4. The molecule has 0 spiro atoms. The number of benzene rings is 1. The van der Waals surface area contributed by atoms with Gasteiger partial charge in [-0.15, -0.1) is 0 Å². The highest BCUT2D eigenvalue weighted by Gasteiger charge is 2.18. The van der Waals surface area contributed by atoms with Gasteiger partial charge in [-0.25, -0.2) is 0 Å². The van der Waals surface area contributed by atoms with Crippen LogP contribution in [0.2, 0.25) is 5.02 Å². The molecule has 3 nitrogen and oxygen atoms in total. The van der Waals surface area contributed by atoms with Gasteiger partial charge in [0.15, 0.2) is 0 Å². The summed E-state index contributed by atoms with van der Waals surface area (Å²) < 4.78 is 2.34. The van der Waals surface area contributed by atoms with Crippen molar-refractivity contribution in [3.8, 4) is 0 Å². The maximum absolute atomic E-state index is 6.28. The third-order valence-electron chi connectivity index (χ3n) is 3.43. The number of hydrogen-bond donors (Lipinski definition) is 1. The Hall–Kier alpha value is -1.03. The lowest BCUT2D eigenvalue weighted by Crippen LogP contribution is -2.36. The molecule has 1 aromatic carbocycles. The van der Waals surface area contributed by atoms with Crippen molar-refractivity contribution in [1.82, 2.24) is 9.47 Å². The monoisotopic (exact) mass is 249 g/mol. The molecule has 1 aromatic heterocycles. The third kappa shape index (κ3) is 1.84. The number of aromatic nitrogens is 1. The molecule has 0 bridgehead atoms. The topological polar surface area (TPSA) is 34.2 Å². The van der Waals surface area contributed by atoms with Crippen LogP contribution in [0.5, 0.6) is 0 Å². The summed E-state index contributed by atoms with van der Waals surface area (Å²) in [7, 11) is 0. The van der Waals surface area contributed by atoms with E-state index in [0.29, 0.717) is 0 Å². The van der Waals surface area contributed by atoms with Gasteiger partial charge in [-0.3, -0.25) is 4.90 Å². The van der Waals surface area contributed by atoms with Crippen molar-refractivity contribution in [2.24, 2.45) is 5.73 Å². The highest BCUT2D eigenvalue weighted by atomic mass is 35.5. The van der Waals surface area contributed by atoms with Crippen LogP contribution in [-0.2, 0) is 13.1 Å². The van der Waals surface area contributed by atoms with Gasteiger partial charge >= 0.3 is 0 Å². The van der Waals surface area contributed by atoms with E-state index in [0.717, 1.165) is 37.7 Å². The number of nitrogens with zero attached hydrogens (tertiary/aromatic N) is 2. The Morgan fingerprint density at radius 3 is 3.00 bits per heavy atom. The van der Waals surface area contributed by atoms with Gasteiger partial charge in [-0.2, -0.15) is 0 Å². The molecule has 0 amide bonds. The zero-order chi connectivity index (χ0) is 11.8. The van der Waals surface area contributed by atoms with E-state index in [1.807, 2.05) is 12.1 Å². The number of halogens is 1. The SMILES string of the molecule is NCCN1CCn2c(cc3cccc(Cl)c32)C1. The van der Waals surface area contributed by atoms with E-state index in [1.165, 1.54) is 16.6 Å². The molecular formula is C13H16ClN3. The molecule has 2 aromatic rings. The second kappa shape index (κ2) is 4.33. The number of nitrogens with two attached hydrogens (primary N) is 1. The van der Waals surface area contributed by atoms with Crippen molar-refractivity contribution in [1.29, 1.82) is 0 Å². The molecule has 90 valence electrons. The molecule has 3 rings (SSSR count). The fraction of sp³-hybridized carbons (Fsp3) is 0.385. The summed E-state index contributed by atoms with van der Waals surface area (Å²) >= 11 is 6.28. The zero-order valence-corrected chi connectivity index (χ0v) is 10.5. The van der Waals surface area contributed by atoms with Crippen LogP contribution in [0.15, 0.2) is 24.3 Å². The summed E-state index contributed by atoms with van der Waals surface area (Å²) in [6.07, 6.45) is 0. The number of rotatable bonds is 2. The first-order chi connectivity index (χ1) is 8.29. The average molecular weight is 250 g/mol. The Morgan fingerprint density at radius 2 is 2.18 bits per heavy atom. The summed E-state index contributed by atoms with van der Waals surface area (Å²) in [5.41, 5.74) is 8.13. The van der Waals surface area contributed by atoms with Crippen molar-refractivity contribution in [3.05, 3.63) is 35.0 Å². The Bertz CT molecular complexity index is 547. The van der Waals surface area contributed by atoms with Crippen molar-refractivity contribution in [3.63, 3.8) is 0 Å². The highest BCUT2D eigenvalue weighted by Crippen LogP contribution is 2.29. The zero-order valence-electron chi connectivity index (χ0n) is 9.69. The van der Waals surface area contributed by atoms with E-state index in [9.17, 15) is 0 Å². The number of fused-ring (bicyclic) bond motifs is 3. The molecule has 0 unspecified atom stereocenters. The van der Waals surface area contributed by atoms with E-state index < -0.39 is 0 Å². The van der Waals surface area contributed by atoms with Crippen LogP contribution in [0.25, 0.3) is 10.9 Å². The van der Waals surface area contributed by atoms with Crippen molar-refractivity contribution < 1.29 is 0 Å². The van der Waals surface area contributed by atoms with Gasteiger partial charge in [-0.1, -0.05) is 23.7 Å². The molecule has 1 aliphatic rings. The minimum Gasteiger partial charge on any atom is -0.341 e. The number of para-hydroxylation sites is 1. The van der Waals surface area contributed by atoms with Crippen LogP contribution in [-0.4, -0.2) is 29.1 Å². The lowest BCUT2D eigenvalue weighted by molar-refractivity contribution is 0.229. The molecule has 1 aliphatic heterocycles. The molecular weight excluding hydrogens is 234 g/mol. The number of hydrogen-bond acceptors (Lipinski definition) is 2. The van der Waals surface area contributed by atoms with Crippen LogP contribution < -0.4 is 5.73 Å². The van der Waals surface area contributed by atoms with Crippen molar-refractivity contribution >= 4 is 22.5 Å². The third-order valence-corrected chi connectivity index (χ3v) is 3.73. The fourth-order valence-electron chi connectivity index (χ4n) is 2.64. The van der Waals surface area contributed by atoms with Gasteiger partial charge in [0.1, 0.15) is 0 Å². The predicted molar refractivity (Wildman–Crippen MR) is 71.3 cm³/mol. The van der Waals surface area contributed by atoms with Crippen LogP contribution >= 0.6 is 11.6 Å². The maximum atomic E-state index is 6.28. The van der Waals surface area contributed by atoms with Gasteiger partial charge < -0.3 is 10.3 Å². The van der Waals surface area contributed by atoms with Crippen LogP contribution in [0.3, 0.4) is 0 Å². The summed E-state index contributed by atoms with van der Waals surface area (Å²) in [6.45, 7) is 4.72. The Kier molecular flexibility index (Phi) is 2.82. The minimum absolute atomic E-state index is 0.723. The molecule has 4 heteroatoms. The van der Waals surface area contributed by atoms with Crippen LogP contribution in [0, 0.1) is 0 Å². The summed E-state index contributed by atoms with van der Waals surface area (Å²) in [4.78, 5) is 2.39. The highest BCUT2D eigenvalue weighted by molar-refractivity contribution is 6.35. The van der Waals surface area contributed by atoms with Gasteiger partial charge in [0, 0.05) is 43.8 Å². The van der Waals surface area contributed by atoms with Gasteiger partial charge in [0.2, 0.25) is 0 Å². The lowest BCUT2D eigenvalue weighted by Gasteiger charge is -2.28. The first kappa shape index (κ1) is 11.1. The van der Waals surface area contributed by atoms with E-state index in [1.54, 1.807) is 0 Å². The first-order valence-corrected chi connectivity index (χ1v) is 6.36. The van der Waals surface area contributed by atoms with E-state index in [2.05, 4.69) is 21.6 Å². The largest absolute Gasteiger partial charge is 0.341 e. The molecule has 0 saturated carbocycles. The molecule has 17 heavy (non-hydrogen) atoms. The Morgan fingerprint density at radius 1 is 1.29 bits per heavy atom. The van der Waals surface area contributed by atoms with Crippen molar-refractivity contribution in [2.75, 3.05) is 19.6 Å². The first-order valence-electron chi connectivity index (χ1n) is 5.98. The quantitative estimate of drug-likeness (QED) is 0.884. The molecule has 2 heterocycles. The lowest BCUT2D eigenvalue weighted by atomic mass is 10.2. The van der Waals surface area contributed by atoms with Crippen LogP contribution in [0.1, 0.15) is 5.69 Å². The second-order valence-corrected chi connectivity index (χ2v) is 4.94. The Labute approximate surface area is 106 Å². The summed E-state index contributed by atoms with van der Waals surface area (Å²) in [5.74, 6) is 0. The van der Waals surface area contributed by atoms with Gasteiger partial charge in [0.25, 0.3) is 0 Å². The van der Waals surface area contributed by atoms with E-state index in [4.69, 9.17) is 17.3 Å². The summed E-state index contributed by atoms with van der Waals surface area (Å²) in [5, 5.41) is 2.09. The fourth-order valence-corrected chi connectivity index (χ4v) is 2.93. The predicted octanol–water partition coefficient (Wildman–Crippen LogP) is 2.07. The van der Waals surface area contributed by atoms with E-state index in [-0.39, 0.29) is 0 Å². The van der Waals surface area contributed by atoms with Crippen LogP contribution in [0.4, 0.5) is 0 Å². The second-order valence-electron chi connectivity index (χ2n) is 4.53. The average Bonchev–Trinajstić information content (AvgIpc) is 2.68. The van der Waals surface area contributed by atoms with Gasteiger partial charge in [0.05, 0.1) is 10.5 Å². The molecule has 0 atom stereocenters. The summed E-state index contributed by atoms with van der Waals surface area (Å²) in [6, 6.07) is 8.33. The molecule has 0 saturated heterocycles. The molecule has 0 aliphatic carbocycles.